The zero-order valence-electron chi connectivity index (χ0n) is 12.9. The molecular formula is C15H15N3O3S3. The van der Waals surface area contributed by atoms with Crippen molar-refractivity contribution in [2.45, 2.75) is 23.5 Å². The lowest BCUT2D eigenvalue weighted by atomic mass is 10.3. The predicted octanol–water partition coefficient (Wildman–Crippen LogP) is 2.99. The molecule has 2 heterocycles. The fourth-order valence-electron chi connectivity index (χ4n) is 2.00. The molecule has 0 spiro atoms. The minimum Gasteiger partial charge on any atom is -0.416 e. The van der Waals surface area contributed by atoms with E-state index in [9.17, 15) is 8.42 Å². The summed E-state index contributed by atoms with van der Waals surface area (Å²) >= 11 is 2.81. The van der Waals surface area contributed by atoms with Crippen LogP contribution in [0.2, 0.25) is 0 Å². The Labute approximate surface area is 148 Å². The van der Waals surface area contributed by atoms with E-state index in [1.807, 2.05) is 12.3 Å². The zero-order chi connectivity index (χ0) is 17.0. The van der Waals surface area contributed by atoms with Gasteiger partial charge in [-0.05, 0) is 19.1 Å². The van der Waals surface area contributed by atoms with Gasteiger partial charge in [0.25, 0.3) is 5.22 Å². The molecule has 0 fully saturated rings. The average molecular weight is 382 g/mol. The monoisotopic (exact) mass is 381 g/mol. The molecule has 0 bridgehead atoms. The van der Waals surface area contributed by atoms with E-state index in [0.717, 1.165) is 10.7 Å². The number of sulfone groups is 1. The number of hydrogen-bond donors (Lipinski definition) is 0. The first-order chi connectivity index (χ1) is 11.5. The topological polar surface area (TPSA) is 86.0 Å². The van der Waals surface area contributed by atoms with Crippen LogP contribution in [0.4, 0.5) is 0 Å². The normalized spacial score (nSPS) is 11.7. The lowest BCUT2D eigenvalue weighted by molar-refractivity contribution is 0.419. The molecule has 1 aromatic carbocycles. The second kappa shape index (κ2) is 7.45. The molecule has 0 aliphatic rings. The van der Waals surface area contributed by atoms with E-state index in [0.29, 0.717) is 28.2 Å². The number of thioether (sulfide) groups is 1. The van der Waals surface area contributed by atoms with Gasteiger partial charge in [0.1, 0.15) is 0 Å². The van der Waals surface area contributed by atoms with Crippen LogP contribution in [0, 0.1) is 6.92 Å². The Morgan fingerprint density at radius 3 is 2.71 bits per heavy atom. The Morgan fingerprint density at radius 2 is 2.00 bits per heavy atom. The summed E-state index contributed by atoms with van der Waals surface area (Å²) in [5.41, 5.74) is 0.893. The third-order valence-electron chi connectivity index (χ3n) is 3.13. The van der Waals surface area contributed by atoms with Crippen molar-refractivity contribution in [3.8, 4) is 0 Å². The molecular weight excluding hydrogens is 366 g/mol. The quantitative estimate of drug-likeness (QED) is 0.582. The molecule has 3 aromatic rings. The van der Waals surface area contributed by atoms with Crippen LogP contribution < -0.4 is 0 Å². The molecule has 0 N–H and O–H groups in total. The SMILES string of the molecule is Cc1nc(Cc2nnc(SCCS(=O)(=O)c3ccccc3)o2)cs1. The Hall–Kier alpha value is -1.71. The number of hydrogen-bond acceptors (Lipinski definition) is 8. The van der Waals surface area contributed by atoms with Crippen molar-refractivity contribution >= 4 is 32.9 Å². The first kappa shape index (κ1) is 17.1. The molecule has 24 heavy (non-hydrogen) atoms. The first-order valence-corrected chi connectivity index (χ1v) is 10.7. The lowest BCUT2D eigenvalue weighted by Gasteiger charge is -2.02. The number of thiazole rings is 1. The number of nitrogens with zero attached hydrogens (tertiary/aromatic N) is 3. The van der Waals surface area contributed by atoms with Crippen LogP contribution in [0.1, 0.15) is 16.6 Å². The highest BCUT2D eigenvalue weighted by molar-refractivity contribution is 8.00. The third-order valence-corrected chi connectivity index (χ3v) is 6.76. The Bertz CT molecular complexity index is 904. The molecule has 0 saturated heterocycles. The summed E-state index contributed by atoms with van der Waals surface area (Å²) in [6, 6.07) is 8.41. The molecule has 0 aliphatic heterocycles. The van der Waals surface area contributed by atoms with Gasteiger partial charge in [-0.15, -0.1) is 21.5 Å². The number of rotatable bonds is 7. The standard InChI is InChI=1S/C15H15N3O3S3/c1-11-16-12(10-23-11)9-14-17-18-15(21-14)22-7-8-24(19,20)13-5-3-2-4-6-13/h2-6,10H,7-9H2,1H3. The maximum Gasteiger partial charge on any atom is 0.276 e. The van der Waals surface area contributed by atoms with Crippen molar-refractivity contribution in [3.05, 3.63) is 52.3 Å². The molecule has 0 unspecified atom stereocenters. The molecule has 2 aromatic heterocycles. The van der Waals surface area contributed by atoms with Crippen molar-refractivity contribution in [3.63, 3.8) is 0 Å². The van der Waals surface area contributed by atoms with Crippen molar-refractivity contribution in [2.24, 2.45) is 0 Å². The molecule has 0 saturated carbocycles. The van der Waals surface area contributed by atoms with Gasteiger partial charge >= 0.3 is 0 Å². The van der Waals surface area contributed by atoms with Gasteiger partial charge in [0, 0.05) is 11.1 Å². The molecule has 126 valence electrons. The zero-order valence-corrected chi connectivity index (χ0v) is 15.3. The number of aromatic nitrogens is 3. The van der Waals surface area contributed by atoms with Crippen LogP contribution in [0.3, 0.4) is 0 Å². The van der Waals surface area contributed by atoms with Crippen LogP contribution in [0.5, 0.6) is 0 Å². The summed E-state index contributed by atoms with van der Waals surface area (Å²) in [6.07, 6.45) is 0.486. The highest BCUT2D eigenvalue weighted by Gasteiger charge is 2.15. The van der Waals surface area contributed by atoms with Crippen LogP contribution in [0.25, 0.3) is 0 Å². The molecule has 0 amide bonds. The van der Waals surface area contributed by atoms with Gasteiger partial charge in [0.2, 0.25) is 5.89 Å². The maximum absolute atomic E-state index is 12.2. The molecule has 6 nitrogen and oxygen atoms in total. The van der Waals surface area contributed by atoms with Gasteiger partial charge in [-0.2, -0.15) is 0 Å². The lowest BCUT2D eigenvalue weighted by Crippen LogP contribution is -2.08. The van der Waals surface area contributed by atoms with Gasteiger partial charge in [-0.3, -0.25) is 0 Å². The predicted molar refractivity (Wildman–Crippen MR) is 93.2 cm³/mol. The third kappa shape index (κ3) is 4.43. The number of benzene rings is 1. The van der Waals surface area contributed by atoms with Crippen molar-refractivity contribution in [2.75, 3.05) is 11.5 Å². The van der Waals surface area contributed by atoms with E-state index in [2.05, 4.69) is 15.2 Å². The largest absolute Gasteiger partial charge is 0.416 e. The second-order valence-corrected chi connectivity index (χ2v) is 9.19. The Morgan fingerprint density at radius 1 is 1.21 bits per heavy atom. The van der Waals surface area contributed by atoms with E-state index in [-0.39, 0.29) is 5.75 Å². The number of aryl methyl sites for hydroxylation is 1. The molecule has 0 radical (unpaired) electrons. The van der Waals surface area contributed by atoms with Crippen molar-refractivity contribution in [1.82, 2.24) is 15.2 Å². The van der Waals surface area contributed by atoms with Gasteiger partial charge in [-0.1, -0.05) is 30.0 Å². The summed E-state index contributed by atoms with van der Waals surface area (Å²) in [4.78, 5) is 4.68. The van der Waals surface area contributed by atoms with Crippen LogP contribution in [0.15, 0.2) is 50.2 Å². The fourth-order valence-corrected chi connectivity index (χ4v) is 5.06. The van der Waals surface area contributed by atoms with Crippen molar-refractivity contribution in [1.29, 1.82) is 0 Å². The van der Waals surface area contributed by atoms with E-state index in [1.165, 1.54) is 11.8 Å². The van der Waals surface area contributed by atoms with Crippen LogP contribution in [-0.4, -0.2) is 35.1 Å². The fraction of sp³-hybridized carbons (Fsp3) is 0.267. The Kier molecular flexibility index (Phi) is 5.32. The van der Waals surface area contributed by atoms with Gasteiger partial charge < -0.3 is 4.42 Å². The van der Waals surface area contributed by atoms with Crippen LogP contribution in [-0.2, 0) is 16.3 Å². The van der Waals surface area contributed by atoms with E-state index >= 15 is 0 Å². The highest BCUT2D eigenvalue weighted by atomic mass is 32.2. The first-order valence-electron chi connectivity index (χ1n) is 7.17. The van der Waals surface area contributed by atoms with E-state index in [1.54, 1.807) is 41.7 Å². The average Bonchev–Trinajstić information content (AvgIpc) is 3.18. The highest BCUT2D eigenvalue weighted by Crippen LogP contribution is 2.20. The van der Waals surface area contributed by atoms with Gasteiger partial charge in [0.05, 0.1) is 27.8 Å². The van der Waals surface area contributed by atoms with Crippen molar-refractivity contribution < 1.29 is 12.8 Å². The molecule has 0 atom stereocenters. The van der Waals surface area contributed by atoms with Gasteiger partial charge in [0.15, 0.2) is 9.84 Å². The minimum absolute atomic E-state index is 0.0185. The summed E-state index contributed by atoms with van der Waals surface area (Å²) in [6.45, 7) is 1.94. The minimum atomic E-state index is -3.29. The summed E-state index contributed by atoms with van der Waals surface area (Å²) in [5.74, 6) is 0.855. The summed E-state index contributed by atoms with van der Waals surface area (Å²) in [7, 11) is -3.29. The van der Waals surface area contributed by atoms with Gasteiger partial charge in [-0.25, -0.2) is 13.4 Å². The van der Waals surface area contributed by atoms with E-state index in [4.69, 9.17) is 4.42 Å². The second-order valence-electron chi connectivity index (χ2n) is 4.98. The smallest absolute Gasteiger partial charge is 0.276 e. The summed E-state index contributed by atoms with van der Waals surface area (Å²) in [5, 5.41) is 11.2. The summed E-state index contributed by atoms with van der Waals surface area (Å²) < 4.78 is 29.9. The molecule has 0 aliphatic carbocycles. The van der Waals surface area contributed by atoms with Crippen LogP contribution >= 0.6 is 23.1 Å². The molecule has 9 heteroatoms. The Balaban J connectivity index is 1.54. The molecule has 3 rings (SSSR count). The van der Waals surface area contributed by atoms with E-state index < -0.39 is 9.84 Å². The maximum atomic E-state index is 12.2.